The van der Waals surface area contributed by atoms with E-state index < -0.39 is 0 Å². The smallest absolute Gasteiger partial charge is 0.136 e. The van der Waals surface area contributed by atoms with E-state index in [0.717, 1.165) is 50.1 Å². The molecule has 12 rings (SSSR count). The van der Waals surface area contributed by atoms with Crippen LogP contribution in [0, 0.1) is 0 Å². The molecule has 298 valence electrons. The van der Waals surface area contributed by atoms with Gasteiger partial charge in [0.25, 0.3) is 0 Å². The largest absolute Gasteiger partial charge is 0.456 e. The molecule has 0 N–H and O–H groups in total. The fourth-order valence-electron chi connectivity index (χ4n) is 9.99. The van der Waals surface area contributed by atoms with Crippen molar-refractivity contribution < 1.29 is 4.42 Å². The summed E-state index contributed by atoms with van der Waals surface area (Å²) in [5, 5.41) is 4.78. The summed E-state index contributed by atoms with van der Waals surface area (Å²) in [5.41, 5.74) is 20.0. The highest BCUT2D eigenvalue weighted by Gasteiger charge is 2.35. The fourth-order valence-corrected chi connectivity index (χ4v) is 9.99. The molecule has 1 aliphatic carbocycles. The zero-order chi connectivity index (χ0) is 42.1. The molecule has 10 aromatic carbocycles. The van der Waals surface area contributed by atoms with Gasteiger partial charge in [0.1, 0.15) is 11.2 Å². The summed E-state index contributed by atoms with van der Waals surface area (Å²) in [4.78, 5) is 2.36. The standard InChI is InChI=1S/C61H43NO/c1-61(2)56-18-7-5-15-53(56)54-36-29-48(39-57(54)61)42-25-32-50(33-26-42)62(51-34-27-43(28-35-51)52-17-10-20-59-60(52)55-16-6-8-19-58(55)63-59)49-30-23-41(24-31-49)45-13-9-14-46(37-45)47-22-21-40-11-3-4-12-44(40)38-47/h3-39H,1-2H3. The van der Waals surface area contributed by atoms with Crippen LogP contribution in [0.4, 0.5) is 17.1 Å². The molecule has 0 amide bonds. The molecule has 1 aliphatic rings. The fraction of sp³-hybridized carbons (Fsp3) is 0.0492. The first-order chi connectivity index (χ1) is 31.0. The van der Waals surface area contributed by atoms with Gasteiger partial charge in [-0.15, -0.1) is 0 Å². The van der Waals surface area contributed by atoms with Gasteiger partial charge < -0.3 is 9.32 Å². The van der Waals surface area contributed by atoms with Crippen LogP contribution in [0.5, 0.6) is 0 Å². The molecule has 0 saturated carbocycles. The van der Waals surface area contributed by atoms with Gasteiger partial charge in [-0.3, -0.25) is 0 Å². The van der Waals surface area contributed by atoms with Crippen LogP contribution < -0.4 is 4.90 Å². The molecule has 1 heterocycles. The Hall–Kier alpha value is -7.94. The maximum atomic E-state index is 6.26. The first-order valence-electron chi connectivity index (χ1n) is 21.8. The Bertz CT molecular complexity index is 3520. The Kier molecular flexibility index (Phi) is 8.55. The van der Waals surface area contributed by atoms with E-state index in [4.69, 9.17) is 4.42 Å². The van der Waals surface area contributed by atoms with Crippen molar-refractivity contribution >= 4 is 49.8 Å². The average Bonchev–Trinajstić information content (AvgIpc) is 3.84. The Morgan fingerprint density at radius 3 is 1.59 bits per heavy atom. The second-order valence-electron chi connectivity index (χ2n) is 17.3. The number of rotatable bonds is 7. The van der Waals surface area contributed by atoms with Gasteiger partial charge >= 0.3 is 0 Å². The van der Waals surface area contributed by atoms with Crippen LogP contribution >= 0.6 is 0 Å². The van der Waals surface area contributed by atoms with E-state index in [2.05, 4.69) is 231 Å². The van der Waals surface area contributed by atoms with E-state index in [1.165, 1.54) is 66.4 Å². The number of benzene rings is 10. The third kappa shape index (κ3) is 6.25. The van der Waals surface area contributed by atoms with Gasteiger partial charge in [0.05, 0.1) is 0 Å². The molecule has 0 unspecified atom stereocenters. The van der Waals surface area contributed by atoms with Gasteiger partial charge in [-0.2, -0.15) is 0 Å². The number of furan rings is 1. The van der Waals surface area contributed by atoms with Gasteiger partial charge in [0, 0.05) is 33.2 Å². The van der Waals surface area contributed by atoms with Crippen molar-refractivity contribution in [3.05, 3.63) is 236 Å². The highest BCUT2D eigenvalue weighted by molar-refractivity contribution is 6.12. The van der Waals surface area contributed by atoms with Crippen molar-refractivity contribution in [3.63, 3.8) is 0 Å². The number of hydrogen-bond donors (Lipinski definition) is 0. The molecule has 0 atom stereocenters. The summed E-state index contributed by atoms with van der Waals surface area (Å²) >= 11 is 0. The maximum absolute atomic E-state index is 6.26. The predicted molar refractivity (Wildman–Crippen MR) is 265 cm³/mol. The molecule has 63 heavy (non-hydrogen) atoms. The van der Waals surface area contributed by atoms with Crippen molar-refractivity contribution in [2.24, 2.45) is 0 Å². The van der Waals surface area contributed by atoms with Crippen LogP contribution in [-0.4, -0.2) is 0 Å². The molecule has 2 heteroatoms. The summed E-state index contributed by atoms with van der Waals surface area (Å²) in [6.45, 7) is 4.69. The number of para-hydroxylation sites is 1. The molecular weight excluding hydrogens is 763 g/mol. The van der Waals surface area contributed by atoms with E-state index in [1.807, 2.05) is 12.1 Å². The van der Waals surface area contributed by atoms with Gasteiger partial charge in [-0.25, -0.2) is 0 Å². The first kappa shape index (κ1) is 36.9. The molecule has 0 bridgehead atoms. The lowest BCUT2D eigenvalue weighted by Crippen LogP contribution is -2.14. The Morgan fingerprint density at radius 2 is 0.841 bits per heavy atom. The van der Waals surface area contributed by atoms with Crippen molar-refractivity contribution in [3.8, 4) is 55.6 Å². The Labute approximate surface area is 368 Å². The summed E-state index contributed by atoms with van der Waals surface area (Å²) in [6, 6.07) is 81.6. The second-order valence-corrected chi connectivity index (χ2v) is 17.3. The summed E-state index contributed by atoms with van der Waals surface area (Å²) in [5.74, 6) is 0. The van der Waals surface area contributed by atoms with E-state index in [9.17, 15) is 0 Å². The van der Waals surface area contributed by atoms with Gasteiger partial charge in [-0.05, 0) is 144 Å². The molecule has 0 radical (unpaired) electrons. The lowest BCUT2D eigenvalue weighted by molar-refractivity contribution is 0.660. The quantitative estimate of drug-likeness (QED) is 0.160. The Morgan fingerprint density at radius 1 is 0.333 bits per heavy atom. The second kappa shape index (κ2) is 14.6. The maximum Gasteiger partial charge on any atom is 0.136 e. The molecule has 1 aromatic heterocycles. The SMILES string of the molecule is CC1(C)c2ccccc2-c2ccc(-c3ccc(N(c4ccc(-c5cccc(-c6ccc7ccccc7c6)c5)cc4)c4ccc(-c5cccc6oc7ccccc7c56)cc4)cc3)cc21. The van der Waals surface area contributed by atoms with Crippen LogP contribution in [0.15, 0.2) is 229 Å². The van der Waals surface area contributed by atoms with E-state index >= 15 is 0 Å². The van der Waals surface area contributed by atoms with Crippen LogP contribution in [0.1, 0.15) is 25.0 Å². The molecule has 2 nitrogen and oxygen atoms in total. The number of anilines is 3. The van der Waals surface area contributed by atoms with E-state index in [-0.39, 0.29) is 5.41 Å². The van der Waals surface area contributed by atoms with Crippen LogP contribution in [0.2, 0.25) is 0 Å². The third-order valence-corrected chi connectivity index (χ3v) is 13.3. The van der Waals surface area contributed by atoms with Crippen LogP contribution in [0.3, 0.4) is 0 Å². The Balaban J connectivity index is 0.912. The molecule has 0 saturated heterocycles. The number of fused-ring (bicyclic) bond motifs is 7. The highest BCUT2D eigenvalue weighted by Crippen LogP contribution is 2.50. The first-order valence-corrected chi connectivity index (χ1v) is 21.8. The monoisotopic (exact) mass is 805 g/mol. The number of hydrogen-bond acceptors (Lipinski definition) is 2. The molecule has 0 fully saturated rings. The zero-order valence-corrected chi connectivity index (χ0v) is 35.2. The topological polar surface area (TPSA) is 16.4 Å². The van der Waals surface area contributed by atoms with Gasteiger partial charge in [0.2, 0.25) is 0 Å². The van der Waals surface area contributed by atoms with E-state index in [0.29, 0.717) is 0 Å². The van der Waals surface area contributed by atoms with E-state index in [1.54, 1.807) is 0 Å². The summed E-state index contributed by atoms with van der Waals surface area (Å²) < 4.78 is 6.26. The average molecular weight is 806 g/mol. The van der Waals surface area contributed by atoms with Crippen molar-refractivity contribution in [1.82, 2.24) is 0 Å². The molecular formula is C61H43NO. The zero-order valence-electron chi connectivity index (χ0n) is 35.2. The van der Waals surface area contributed by atoms with Crippen molar-refractivity contribution in [1.29, 1.82) is 0 Å². The summed E-state index contributed by atoms with van der Waals surface area (Å²) in [7, 11) is 0. The van der Waals surface area contributed by atoms with Crippen molar-refractivity contribution in [2.75, 3.05) is 4.90 Å². The summed E-state index contributed by atoms with van der Waals surface area (Å²) in [6.07, 6.45) is 0. The molecule has 11 aromatic rings. The number of nitrogens with zero attached hydrogens (tertiary/aromatic N) is 1. The predicted octanol–water partition coefficient (Wildman–Crippen LogP) is 17.2. The van der Waals surface area contributed by atoms with Gasteiger partial charge in [-0.1, -0.05) is 172 Å². The van der Waals surface area contributed by atoms with Gasteiger partial charge in [0.15, 0.2) is 0 Å². The lowest BCUT2D eigenvalue weighted by Gasteiger charge is -2.26. The van der Waals surface area contributed by atoms with Crippen molar-refractivity contribution in [2.45, 2.75) is 19.3 Å². The van der Waals surface area contributed by atoms with Crippen LogP contribution in [-0.2, 0) is 5.41 Å². The molecule has 0 spiro atoms. The minimum absolute atomic E-state index is 0.0506. The van der Waals surface area contributed by atoms with Crippen LogP contribution in [0.25, 0.3) is 88.3 Å². The minimum Gasteiger partial charge on any atom is -0.456 e. The molecule has 0 aliphatic heterocycles. The highest BCUT2D eigenvalue weighted by atomic mass is 16.3. The third-order valence-electron chi connectivity index (χ3n) is 13.3. The normalized spacial score (nSPS) is 12.7. The lowest BCUT2D eigenvalue weighted by atomic mass is 9.81. The minimum atomic E-state index is -0.0506.